The molecule has 146 valence electrons. The van der Waals surface area contributed by atoms with Gasteiger partial charge in [-0.2, -0.15) is 0 Å². The largest absolute Gasteiger partial charge is 0.378 e. The molecular formula is C16H30Cl2N4O3. The number of hydrogen-bond acceptors (Lipinski definition) is 5. The second-order valence-corrected chi connectivity index (χ2v) is 6.81. The van der Waals surface area contributed by atoms with Crippen LogP contribution in [0.5, 0.6) is 0 Å². The molecule has 1 aliphatic carbocycles. The minimum absolute atomic E-state index is 0. The molecule has 0 aromatic heterocycles. The average Bonchev–Trinajstić information content (AvgIpc) is 3.39. The van der Waals surface area contributed by atoms with Crippen LogP contribution in [0.25, 0.3) is 0 Å². The fourth-order valence-corrected chi connectivity index (χ4v) is 3.16. The highest BCUT2D eigenvalue weighted by Gasteiger charge is 2.31. The molecule has 0 bridgehead atoms. The van der Waals surface area contributed by atoms with Crippen LogP contribution in [0.4, 0.5) is 0 Å². The molecule has 25 heavy (non-hydrogen) atoms. The van der Waals surface area contributed by atoms with Crippen molar-refractivity contribution in [1.82, 2.24) is 20.4 Å². The van der Waals surface area contributed by atoms with Gasteiger partial charge in [-0.1, -0.05) is 0 Å². The third-order valence-corrected chi connectivity index (χ3v) is 4.94. The molecule has 0 aromatic carbocycles. The van der Waals surface area contributed by atoms with E-state index in [2.05, 4.69) is 15.5 Å². The number of carbonyl (C=O) groups is 2. The zero-order chi connectivity index (χ0) is 16.2. The third-order valence-electron chi connectivity index (χ3n) is 4.94. The van der Waals surface area contributed by atoms with Gasteiger partial charge in [0.05, 0.1) is 19.3 Å². The van der Waals surface area contributed by atoms with E-state index < -0.39 is 0 Å². The first kappa shape index (κ1) is 22.4. The molecule has 3 fully saturated rings. The van der Waals surface area contributed by atoms with Crippen molar-refractivity contribution in [2.24, 2.45) is 0 Å². The predicted octanol–water partition coefficient (Wildman–Crippen LogP) is 0.0198. The lowest BCUT2D eigenvalue weighted by Crippen LogP contribution is -2.56. The van der Waals surface area contributed by atoms with Gasteiger partial charge in [-0.25, -0.2) is 0 Å². The highest BCUT2D eigenvalue weighted by Crippen LogP contribution is 2.19. The normalized spacial score (nSPS) is 25.3. The Morgan fingerprint density at radius 1 is 1.20 bits per heavy atom. The number of hydrogen-bond donors (Lipinski definition) is 2. The summed E-state index contributed by atoms with van der Waals surface area (Å²) >= 11 is 0. The van der Waals surface area contributed by atoms with Crippen LogP contribution in [0.3, 0.4) is 0 Å². The molecule has 3 rings (SSSR count). The van der Waals surface area contributed by atoms with Gasteiger partial charge >= 0.3 is 0 Å². The van der Waals surface area contributed by atoms with Crippen LogP contribution < -0.4 is 10.6 Å². The molecule has 0 aromatic rings. The summed E-state index contributed by atoms with van der Waals surface area (Å²) in [7, 11) is 0. The zero-order valence-electron chi connectivity index (χ0n) is 14.7. The summed E-state index contributed by atoms with van der Waals surface area (Å²) in [5.41, 5.74) is 0. The van der Waals surface area contributed by atoms with Crippen molar-refractivity contribution in [3.63, 3.8) is 0 Å². The van der Waals surface area contributed by atoms with Crippen LogP contribution in [0.15, 0.2) is 0 Å². The maximum Gasteiger partial charge on any atom is 0.237 e. The van der Waals surface area contributed by atoms with E-state index in [1.807, 2.05) is 11.8 Å². The summed E-state index contributed by atoms with van der Waals surface area (Å²) in [6.45, 7) is 7.05. The van der Waals surface area contributed by atoms with Crippen LogP contribution in [0, 0.1) is 0 Å². The van der Waals surface area contributed by atoms with Gasteiger partial charge in [-0.3, -0.25) is 14.5 Å². The Morgan fingerprint density at radius 2 is 1.88 bits per heavy atom. The Morgan fingerprint density at radius 3 is 2.44 bits per heavy atom. The number of amides is 2. The van der Waals surface area contributed by atoms with Crippen molar-refractivity contribution in [1.29, 1.82) is 0 Å². The quantitative estimate of drug-likeness (QED) is 0.685. The Hall–Kier alpha value is -0.600. The zero-order valence-corrected chi connectivity index (χ0v) is 16.4. The van der Waals surface area contributed by atoms with E-state index in [1.165, 1.54) is 0 Å². The Balaban J connectivity index is 0.00000156. The Labute approximate surface area is 162 Å². The number of nitrogens with one attached hydrogen (secondary N) is 2. The van der Waals surface area contributed by atoms with Gasteiger partial charge in [-0.05, 0) is 19.8 Å². The Kier molecular flexibility index (Phi) is 9.45. The van der Waals surface area contributed by atoms with Gasteiger partial charge in [0.2, 0.25) is 11.8 Å². The molecule has 0 radical (unpaired) electrons. The smallest absolute Gasteiger partial charge is 0.237 e. The number of ether oxygens (including phenoxy) is 1. The van der Waals surface area contributed by atoms with Gasteiger partial charge in [0, 0.05) is 51.2 Å². The standard InChI is InChI=1S/C16H28N4O3.2ClH/c1-12(16(22)18-13-2-3-13)19-5-7-20(8-6-19)15(21)10-14-11-23-9-4-17-14;;/h12-14,17H,2-11H2,1H3,(H,18,22);2*1H. The molecule has 2 amide bonds. The minimum Gasteiger partial charge on any atom is -0.378 e. The van der Waals surface area contributed by atoms with E-state index in [-0.39, 0.29) is 48.7 Å². The maximum absolute atomic E-state index is 12.4. The van der Waals surface area contributed by atoms with Gasteiger partial charge in [-0.15, -0.1) is 24.8 Å². The van der Waals surface area contributed by atoms with Crippen molar-refractivity contribution >= 4 is 36.6 Å². The lowest BCUT2D eigenvalue weighted by atomic mass is 10.1. The monoisotopic (exact) mass is 396 g/mol. The molecular weight excluding hydrogens is 367 g/mol. The predicted molar refractivity (Wildman–Crippen MR) is 101 cm³/mol. The van der Waals surface area contributed by atoms with E-state index in [9.17, 15) is 9.59 Å². The molecule has 9 heteroatoms. The van der Waals surface area contributed by atoms with Gasteiger partial charge < -0.3 is 20.3 Å². The number of piperazine rings is 1. The van der Waals surface area contributed by atoms with E-state index >= 15 is 0 Å². The lowest BCUT2D eigenvalue weighted by Gasteiger charge is -2.38. The second kappa shape index (κ2) is 10.5. The molecule has 2 N–H and O–H groups in total. The number of rotatable bonds is 5. The Bertz CT molecular complexity index is 437. The summed E-state index contributed by atoms with van der Waals surface area (Å²) in [5.74, 6) is 0.304. The van der Waals surface area contributed by atoms with E-state index in [0.29, 0.717) is 32.2 Å². The fraction of sp³-hybridized carbons (Fsp3) is 0.875. The lowest BCUT2D eigenvalue weighted by molar-refractivity contribution is -0.135. The number of halogens is 2. The molecule has 3 aliphatic rings. The van der Waals surface area contributed by atoms with Crippen LogP contribution in [-0.2, 0) is 14.3 Å². The summed E-state index contributed by atoms with van der Waals surface area (Å²) in [6, 6.07) is 0.428. The van der Waals surface area contributed by atoms with Gasteiger partial charge in [0.25, 0.3) is 0 Å². The summed E-state index contributed by atoms with van der Waals surface area (Å²) in [5, 5.41) is 6.38. The molecule has 2 unspecified atom stereocenters. The molecule has 0 spiro atoms. The molecule has 7 nitrogen and oxygen atoms in total. The average molecular weight is 397 g/mol. The third kappa shape index (κ3) is 6.57. The highest BCUT2D eigenvalue weighted by molar-refractivity contribution is 5.85. The first-order valence-corrected chi connectivity index (χ1v) is 8.77. The molecule has 1 saturated carbocycles. The molecule has 2 heterocycles. The van der Waals surface area contributed by atoms with E-state index in [1.54, 1.807) is 0 Å². The van der Waals surface area contributed by atoms with Crippen molar-refractivity contribution in [2.45, 2.75) is 44.3 Å². The topological polar surface area (TPSA) is 73.9 Å². The first-order chi connectivity index (χ1) is 11.1. The summed E-state index contributed by atoms with van der Waals surface area (Å²) < 4.78 is 5.40. The summed E-state index contributed by atoms with van der Waals surface area (Å²) in [6.07, 6.45) is 2.72. The molecule has 2 saturated heterocycles. The van der Waals surface area contributed by atoms with Crippen LogP contribution >= 0.6 is 24.8 Å². The molecule has 2 aliphatic heterocycles. The van der Waals surface area contributed by atoms with E-state index in [0.717, 1.165) is 39.1 Å². The summed E-state index contributed by atoms with van der Waals surface area (Å²) in [4.78, 5) is 28.6. The second-order valence-electron chi connectivity index (χ2n) is 6.81. The highest BCUT2D eigenvalue weighted by atomic mass is 35.5. The number of carbonyl (C=O) groups excluding carboxylic acids is 2. The van der Waals surface area contributed by atoms with Crippen molar-refractivity contribution in [3.05, 3.63) is 0 Å². The van der Waals surface area contributed by atoms with E-state index in [4.69, 9.17) is 4.74 Å². The number of nitrogens with zero attached hydrogens (tertiary/aromatic N) is 2. The van der Waals surface area contributed by atoms with Gasteiger partial charge in [0.1, 0.15) is 0 Å². The van der Waals surface area contributed by atoms with Crippen molar-refractivity contribution in [2.75, 3.05) is 45.9 Å². The first-order valence-electron chi connectivity index (χ1n) is 8.77. The maximum atomic E-state index is 12.4. The van der Waals surface area contributed by atoms with Crippen LogP contribution in [0.2, 0.25) is 0 Å². The van der Waals surface area contributed by atoms with Crippen LogP contribution in [0.1, 0.15) is 26.2 Å². The molecule has 2 atom stereocenters. The fourth-order valence-electron chi connectivity index (χ4n) is 3.16. The number of morpholine rings is 1. The van der Waals surface area contributed by atoms with Crippen LogP contribution in [-0.4, -0.2) is 85.7 Å². The van der Waals surface area contributed by atoms with Gasteiger partial charge in [0.15, 0.2) is 0 Å². The van der Waals surface area contributed by atoms with Crippen molar-refractivity contribution in [3.8, 4) is 0 Å². The minimum atomic E-state index is -0.110. The SMILES string of the molecule is CC(C(=O)NC1CC1)N1CCN(C(=O)CC2COCCN2)CC1.Cl.Cl. The van der Waals surface area contributed by atoms with Crippen molar-refractivity contribution < 1.29 is 14.3 Å².